The second kappa shape index (κ2) is 7.93. The van der Waals surface area contributed by atoms with Crippen LogP contribution in [0.4, 0.5) is 11.5 Å². The van der Waals surface area contributed by atoms with E-state index in [0.29, 0.717) is 34.4 Å². The molecular formula is C19H18ClN3O3. The molecule has 0 saturated carbocycles. The number of ether oxygens (including phenoxy) is 1. The van der Waals surface area contributed by atoms with E-state index in [2.05, 4.69) is 15.6 Å². The van der Waals surface area contributed by atoms with E-state index in [0.717, 1.165) is 11.3 Å². The molecule has 1 aromatic carbocycles. The molecular weight excluding hydrogens is 354 g/mol. The normalized spacial score (nSPS) is 10.4. The number of amides is 1. The van der Waals surface area contributed by atoms with Crippen LogP contribution in [-0.2, 0) is 6.54 Å². The molecule has 0 aliphatic heterocycles. The van der Waals surface area contributed by atoms with Gasteiger partial charge >= 0.3 is 0 Å². The maximum Gasteiger partial charge on any atom is 0.257 e. The van der Waals surface area contributed by atoms with Crippen molar-refractivity contribution >= 4 is 29.0 Å². The van der Waals surface area contributed by atoms with E-state index < -0.39 is 0 Å². The number of halogens is 1. The number of methoxy groups -OCH3 is 1. The van der Waals surface area contributed by atoms with Gasteiger partial charge in [0.1, 0.15) is 17.3 Å². The van der Waals surface area contributed by atoms with Gasteiger partial charge in [-0.2, -0.15) is 0 Å². The van der Waals surface area contributed by atoms with Crippen LogP contribution in [0.2, 0.25) is 5.02 Å². The van der Waals surface area contributed by atoms with Crippen LogP contribution in [0.1, 0.15) is 21.7 Å². The number of nitrogens with zero attached hydrogens (tertiary/aromatic N) is 1. The summed E-state index contributed by atoms with van der Waals surface area (Å²) in [6.07, 6.45) is 3.12. The minimum Gasteiger partial charge on any atom is -0.495 e. The van der Waals surface area contributed by atoms with E-state index in [1.807, 2.05) is 19.1 Å². The van der Waals surface area contributed by atoms with Crippen molar-refractivity contribution in [2.45, 2.75) is 13.5 Å². The van der Waals surface area contributed by atoms with Gasteiger partial charge in [0.2, 0.25) is 0 Å². The molecule has 0 unspecified atom stereocenters. The standard InChI is InChI=1S/C19H18ClN3O3/c1-12-8-16(17(25-2)9-15(12)20)23-19(24)13-5-6-18(21-10-13)22-11-14-4-3-7-26-14/h3-10H,11H2,1-2H3,(H,21,22)(H,23,24). The van der Waals surface area contributed by atoms with Gasteiger partial charge in [-0.3, -0.25) is 4.79 Å². The highest BCUT2D eigenvalue weighted by atomic mass is 35.5. The highest BCUT2D eigenvalue weighted by molar-refractivity contribution is 6.31. The summed E-state index contributed by atoms with van der Waals surface area (Å²) in [6.45, 7) is 2.38. The molecule has 7 heteroatoms. The molecule has 0 fully saturated rings. The van der Waals surface area contributed by atoms with Crippen LogP contribution in [-0.4, -0.2) is 18.0 Å². The zero-order chi connectivity index (χ0) is 18.5. The van der Waals surface area contributed by atoms with Gasteiger partial charge in [-0.1, -0.05) is 11.6 Å². The number of furan rings is 1. The lowest BCUT2D eigenvalue weighted by Crippen LogP contribution is -2.13. The van der Waals surface area contributed by atoms with Crippen molar-refractivity contribution in [3.63, 3.8) is 0 Å². The number of rotatable bonds is 6. The maximum absolute atomic E-state index is 12.5. The molecule has 0 aliphatic rings. The Morgan fingerprint density at radius 1 is 1.31 bits per heavy atom. The topological polar surface area (TPSA) is 76.4 Å². The summed E-state index contributed by atoms with van der Waals surface area (Å²) in [5.74, 6) is 1.67. The Morgan fingerprint density at radius 2 is 2.15 bits per heavy atom. The predicted octanol–water partition coefficient (Wildman–Crippen LogP) is 4.51. The molecule has 6 nitrogen and oxygen atoms in total. The maximum atomic E-state index is 12.5. The molecule has 2 N–H and O–H groups in total. The van der Waals surface area contributed by atoms with Gasteiger partial charge < -0.3 is 19.8 Å². The lowest BCUT2D eigenvalue weighted by atomic mass is 10.2. The van der Waals surface area contributed by atoms with E-state index in [1.54, 1.807) is 30.5 Å². The van der Waals surface area contributed by atoms with Crippen molar-refractivity contribution in [2.75, 3.05) is 17.7 Å². The van der Waals surface area contributed by atoms with E-state index in [1.165, 1.54) is 13.3 Å². The first-order valence-corrected chi connectivity index (χ1v) is 8.32. The smallest absolute Gasteiger partial charge is 0.257 e. The Kier molecular flexibility index (Phi) is 5.43. The summed E-state index contributed by atoms with van der Waals surface area (Å²) in [5.41, 5.74) is 1.83. The van der Waals surface area contributed by atoms with E-state index in [-0.39, 0.29) is 5.91 Å². The largest absolute Gasteiger partial charge is 0.495 e. The molecule has 134 valence electrons. The van der Waals surface area contributed by atoms with Gasteiger partial charge in [-0.05, 0) is 42.8 Å². The Labute approximate surface area is 156 Å². The number of anilines is 2. The molecule has 0 radical (unpaired) electrons. The van der Waals surface area contributed by atoms with Gasteiger partial charge in [0.15, 0.2) is 0 Å². The summed E-state index contributed by atoms with van der Waals surface area (Å²) in [6, 6.07) is 10.6. The monoisotopic (exact) mass is 371 g/mol. The second-order valence-corrected chi connectivity index (χ2v) is 6.03. The molecule has 0 bridgehead atoms. The zero-order valence-electron chi connectivity index (χ0n) is 14.4. The summed E-state index contributed by atoms with van der Waals surface area (Å²) in [7, 11) is 1.53. The fourth-order valence-corrected chi connectivity index (χ4v) is 2.50. The van der Waals surface area contributed by atoms with Gasteiger partial charge in [-0.25, -0.2) is 4.98 Å². The van der Waals surface area contributed by atoms with Crippen molar-refractivity contribution in [2.24, 2.45) is 0 Å². The Hall–Kier alpha value is -2.99. The first-order valence-electron chi connectivity index (χ1n) is 7.94. The predicted molar refractivity (Wildman–Crippen MR) is 101 cm³/mol. The number of hydrogen-bond acceptors (Lipinski definition) is 5. The van der Waals surface area contributed by atoms with Crippen LogP contribution in [0.25, 0.3) is 0 Å². The van der Waals surface area contributed by atoms with Crippen molar-refractivity contribution in [1.82, 2.24) is 4.98 Å². The third-order valence-electron chi connectivity index (χ3n) is 3.78. The van der Waals surface area contributed by atoms with Crippen LogP contribution in [0.3, 0.4) is 0 Å². The van der Waals surface area contributed by atoms with Gasteiger partial charge in [0, 0.05) is 17.3 Å². The first kappa shape index (κ1) is 17.8. The number of hydrogen-bond donors (Lipinski definition) is 2. The summed E-state index contributed by atoms with van der Waals surface area (Å²) < 4.78 is 10.5. The van der Waals surface area contributed by atoms with Crippen LogP contribution in [0.15, 0.2) is 53.3 Å². The van der Waals surface area contributed by atoms with E-state index >= 15 is 0 Å². The minimum absolute atomic E-state index is 0.282. The molecule has 1 amide bonds. The summed E-state index contributed by atoms with van der Waals surface area (Å²) >= 11 is 6.09. The summed E-state index contributed by atoms with van der Waals surface area (Å²) in [4.78, 5) is 16.7. The Morgan fingerprint density at radius 3 is 2.81 bits per heavy atom. The van der Waals surface area contributed by atoms with Crippen LogP contribution in [0.5, 0.6) is 5.75 Å². The number of nitrogens with one attached hydrogen (secondary N) is 2. The van der Waals surface area contributed by atoms with E-state index in [4.69, 9.17) is 20.8 Å². The summed E-state index contributed by atoms with van der Waals surface area (Å²) in [5, 5.41) is 6.52. The first-order chi connectivity index (χ1) is 12.6. The van der Waals surface area contributed by atoms with E-state index in [9.17, 15) is 4.79 Å². The number of aryl methyl sites for hydroxylation is 1. The number of benzene rings is 1. The lowest BCUT2D eigenvalue weighted by Gasteiger charge is -2.12. The number of aromatic nitrogens is 1. The molecule has 0 saturated heterocycles. The third-order valence-corrected chi connectivity index (χ3v) is 4.19. The molecule has 2 aromatic heterocycles. The van der Waals surface area contributed by atoms with Crippen LogP contribution < -0.4 is 15.4 Å². The second-order valence-electron chi connectivity index (χ2n) is 5.62. The van der Waals surface area contributed by atoms with Crippen LogP contribution >= 0.6 is 11.6 Å². The number of pyridine rings is 1. The SMILES string of the molecule is COc1cc(Cl)c(C)cc1NC(=O)c1ccc(NCc2ccco2)nc1. The third kappa shape index (κ3) is 4.15. The van der Waals surface area contributed by atoms with Crippen molar-refractivity contribution in [3.05, 3.63) is 70.8 Å². The molecule has 0 aliphatic carbocycles. The molecule has 3 rings (SSSR count). The highest BCUT2D eigenvalue weighted by Crippen LogP contribution is 2.31. The van der Waals surface area contributed by atoms with Crippen molar-refractivity contribution in [1.29, 1.82) is 0 Å². The Bertz CT molecular complexity index is 893. The van der Waals surface area contributed by atoms with Gasteiger partial charge in [0.25, 0.3) is 5.91 Å². The number of carbonyl (C=O) groups excluding carboxylic acids is 1. The van der Waals surface area contributed by atoms with Crippen molar-refractivity contribution < 1.29 is 13.9 Å². The minimum atomic E-state index is -0.282. The fraction of sp³-hybridized carbons (Fsp3) is 0.158. The van der Waals surface area contributed by atoms with Gasteiger partial charge in [-0.15, -0.1) is 0 Å². The van der Waals surface area contributed by atoms with Crippen molar-refractivity contribution in [3.8, 4) is 5.75 Å². The fourth-order valence-electron chi connectivity index (χ4n) is 2.35. The Balaban J connectivity index is 1.67. The quantitative estimate of drug-likeness (QED) is 0.666. The molecule has 2 heterocycles. The molecule has 0 spiro atoms. The molecule has 26 heavy (non-hydrogen) atoms. The zero-order valence-corrected chi connectivity index (χ0v) is 15.1. The number of carbonyl (C=O) groups is 1. The molecule has 0 atom stereocenters. The average Bonchev–Trinajstić information content (AvgIpc) is 3.17. The average molecular weight is 372 g/mol. The van der Waals surface area contributed by atoms with Gasteiger partial charge in [0.05, 0.1) is 31.2 Å². The molecule has 3 aromatic rings. The lowest BCUT2D eigenvalue weighted by molar-refractivity contribution is 0.102. The highest BCUT2D eigenvalue weighted by Gasteiger charge is 2.12. The van der Waals surface area contributed by atoms with Crippen LogP contribution in [0, 0.1) is 6.92 Å².